The van der Waals surface area contributed by atoms with Crippen LogP contribution in [0.25, 0.3) is 0 Å². The SMILES string of the molecule is COc1cc([C@@H]2NC(=O)c3c(sc4c3CCCC4)N2)cc(Br)c1OC(=O)c1ccc(C)cc1. The van der Waals surface area contributed by atoms with Gasteiger partial charge in [-0.05, 0) is 83.9 Å². The number of carbonyl (C=O) groups is 2. The van der Waals surface area contributed by atoms with Crippen molar-refractivity contribution >= 4 is 44.1 Å². The lowest BCUT2D eigenvalue weighted by Gasteiger charge is -2.27. The number of ether oxygens (including phenoxy) is 2. The molecule has 1 aliphatic heterocycles. The van der Waals surface area contributed by atoms with Gasteiger partial charge in [0.25, 0.3) is 5.91 Å². The first-order chi connectivity index (χ1) is 15.9. The Morgan fingerprint density at radius 3 is 2.64 bits per heavy atom. The zero-order valence-corrected chi connectivity index (χ0v) is 20.7. The molecule has 0 saturated carbocycles. The zero-order valence-electron chi connectivity index (χ0n) is 18.3. The number of rotatable bonds is 4. The van der Waals surface area contributed by atoms with Gasteiger partial charge in [-0.25, -0.2) is 4.79 Å². The number of esters is 1. The van der Waals surface area contributed by atoms with E-state index < -0.39 is 12.1 Å². The highest BCUT2D eigenvalue weighted by Gasteiger charge is 2.32. The van der Waals surface area contributed by atoms with E-state index in [1.165, 1.54) is 24.0 Å². The Morgan fingerprint density at radius 2 is 1.88 bits per heavy atom. The molecular formula is C25H23BrN2O4S. The maximum Gasteiger partial charge on any atom is 0.343 e. The van der Waals surface area contributed by atoms with Gasteiger partial charge in [0.15, 0.2) is 11.5 Å². The summed E-state index contributed by atoms with van der Waals surface area (Å²) in [5.41, 5.74) is 4.29. The zero-order chi connectivity index (χ0) is 23.1. The van der Waals surface area contributed by atoms with E-state index in [-0.39, 0.29) is 5.91 Å². The summed E-state index contributed by atoms with van der Waals surface area (Å²) in [6, 6.07) is 10.8. The summed E-state index contributed by atoms with van der Waals surface area (Å²) in [6.07, 6.45) is 3.87. The Labute approximate surface area is 204 Å². The molecule has 0 fully saturated rings. The molecule has 1 aliphatic carbocycles. The molecule has 5 rings (SSSR count). The van der Waals surface area contributed by atoms with Crippen molar-refractivity contribution in [2.45, 2.75) is 38.8 Å². The highest BCUT2D eigenvalue weighted by atomic mass is 79.9. The molecule has 6 nitrogen and oxygen atoms in total. The molecule has 3 aromatic rings. The quantitative estimate of drug-likeness (QED) is 0.332. The Morgan fingerprint density at radius 1 is 1.12 bits per heavy atom. The standard InChI is InChI=1S/C25H23BrN2O4S/c1-13-7-9-14(10-8-13)25(30)32-21-17(26)11-15(12-18(21)31-2)22-27-23(29)20-16-5-3-4-6-19(16)33-24(20)28-22/h7-12,22,28H,3-6H2,1-2H3,(H,27,29)/t22-/m1/s1. The van der Waals surface area contributed by atoms with Crippen molar-refractivity contribution in [1.29, 1.82) is 0 Å². The first-order valence-corrected chi connectivity index (χ1v) is 12.4. The summed E-state index contributed by atoms with van der Waals surface area (Å²) < 4.78 is 11.7. The van der Waals surface area contributed by atoms with Crippen LogP contribution < -0.4 is 20.1 Å². The molecule has 0 spiro atoms. The molecule has 1 amide bonds. The van der Waals surface area contributed by atoms with E-state index in [9.17, 15) is 9.59 Å². The first-order valence-electron chi connectivity index (χ1n) is 10.8. The molecule has 33 heavy (non-hydrogen) atoms. The molecule has 2 aromatic carbocycles. The normalized spacial score (nSPS) is 16.8. The third-order valence-corrected chi connectivity index (χ3v) is 7.83. The van der Waals surface area contributed by atoms with Crippen molar-refractivity contribution in [2.24, 2.45) is 0 Å². The number of anilines is 1. The Balaban J connectivity index is 1.42. The lowest BCUT2D eigenvalue weighted by Crippen LogP contribution is -2.38. The minimum atomic E-state index is -0.473. The first kappa shape index (κ1) is 22.0. The van der Waals surface area contributed by atoms with Crippen LogP contribution in [0.1, 0.15) is 61.3 Å². The van der Waals surface area contributed by atoms with Gasteiger partial charge in [0.2, 0.25) is 0 Å². The van der Waals surface area contributed by atoms with Crippen molar-refractivity contribution in [3.8, 4) is 11.5 Å². The van der Waals surface area contributed by atoms with Gasteiger partial charge in [0, 0.05) is 4.88 Å². The number of thiophene rings is 1. The van der Waals surface area contributed by atoms with Crippen molar-refractivity contribution in [1.82, 2.24) is 5.32 Å². The molecule has 0 unspecified atom stereocenters. The summed E-state index contributed by atoms with van der Waals surface area (Å²) in [5, 5.41) is 7.46. The number of fused-ring (bicyclic) bond motifs is 3. The molecule has 1 atom stereocenters. The van der Waals surface area contributed by atoms with Gasteiger partial charge in [-0.15, -0.1) is 11.3 Å². The molecule has 8 heteroatoms. The maximum absolute atomic E-state index is 13.0. The Bertz CT molecular complexity index is 1250. The van der Waals surface area contributed by atoms with Gasteiger partial charge in [0.05, 0.1) is 22.7 Å². The topological polar surface area (TPSA) is 76.7 Å². The second-order valence-electron chi connectivity index (χ2n) is 8.26. The Hall–Kier alpha value is -2.84. The summed E-state index contributed by atoms with van der Waals surface area (Å²) >= 11 is 5.20. The third-order valence-electron chi connectivity index (χ3n) is 6.02. The second kappa shape index (κ2) is 8.83. The van der Waals surface area contributed by atoms with Crippen molar-refractivity contribution in [3.05, 3.63) is 73.6 Å². The molecule has 0 bridgehead atoms. The van der Waals surface area contributed by atoms with Gasteiger partial charge in [-0.2, -0.15) is 0 Å². The predicted molar refractivity (Wildman–Crippen MR) is 132 cm³/mol. The largest absolute Gasteiger partial charge is 0.493 e. The fraction of sp³-hybridized carbons (Fsp3) is 0.280. The summed E-state index contributed by atoms with van der Waals surface area (Å²) in [4.78, 5) is 26.9. The summed E-state index contributed by atoms with van der Waals surface area (Å²) in [5.74, 6) is 0.158. The monoisotopic (exact) mass is 526 g/mol. The van der Waals surface area contributed by atoms with Crippen LogP contribution in [0.2, 0.25) is 0 Å². The van der Waals surface area contributed by atoms with E-state index in [1.54, 1.807) is 29.5 Å². The summed E-state index contributed by atoms with van der Waals surface area (Å²) in [7, 11) is 1.52. The molecule has 0 saturated heterocycles. The van der Waals surface area contributed by atoms with E-state index in [0.29, 0.717) is 21.5 Å². The van der Waals surface area contributed by atoms with E-state index in [0.717, 1.165) is 41.0 Å². The van der Waals surface area contributed by atoms with Crippen LogP contribution in [-0.4, -0.2) is 19.0 Å². The summed E-state index contributed by atoms with van der Waals surface area (Å²) in [6.45, 7) is 1.96. The number of amides is 1. The van der Waals surface area contributed by atoms with E-state index >= 15 is 0 Å². The fourth-order valence-corrected chi connectivity index (χ4v) is 6.15. The number of aryl methyl sites for hydroxylation is 2. The number of nitrogens with one attached hydrogen (secondary N) is 2. The highest BCUT2D eigenvalue weighted by Crippen LogP contribution is 2.43. The van der Waals surface area contributed by atoms with Crippen molar-refractivity contribution < 1.29 is 19.1 Å². The van der Waals surface area contributed by atoms with Crippen LogP contribution in [-0.2, 0) is 12.8 Å². The van der Waals surface area contributed by atoms with Crippen LogP contribution in [0, 0.1) is 6.92 Å². The van der Waals surface area contributed by atoms with E-state index in [4.69, 9.17) is 9.47 Å². The van der Waals surface area contributed by atoms with Gasteiger partial charge in [-0.3, -0.25) is 4.79 Å². The second-order valence-corrected chi connectivity index (χ2v) is 10.2. The van der Waals surface area contributed by atoms with Crippen LogP contribution in [0.15, 0.2) is 40.9 Å². The van der Waals surface area contributed by atoms with E-state index in [2.05, 4.69) is 26.6 Å². The van der Waals surface area contributed by atoms with Crippen molar-refractivity contribution in [2.75, 3.05) is 12.4 Å². The molecule has 2 aliphatic rings. The Kier molecular flexibility index (Phi) is 5.88. The number of methoxy groups -OCH3 is 1. The predicted octanol–water partition coefficient (Wildman–Crippen LogP) is 5.78. The van der Waals surface area contributed by atoms with Crippen molar-refractivity contribution in [3.63, 3.8) is 0 Å². The van der Waals surface area contributed by atoms with Crippen LogP contribution in [0.4, 0.5) is 5.00 Å². The average molecular weight is 527 g/mol. The van der Waals surface area contributed by atoms with Crippen LogP contribution in [0.3, 0.4) is 0 Å². The lowest BCUT2D eigenvalue weighted by molar-refractivity contribution is 0.0728. The minimum Gasteiger partial charge on any atom is -0.493 e. The van der Waals surface area contributed by atoms with Gasteiger partial charge < -0.3 is 20.1 Å². The number of carbonyl (C=O) groups excluding carboxylic acids is 2. The average Bonchev–Trinajstić information content (AvgIpc) is 3.19. The molecule has 1 aromatic heterocycles. The lowest BCUT2D eigenvalue weighted by atomic mass is 9.94. The van der Waals surface area contributed by atoms with Crippen LogP contribution in [0.5, 0.6) is 11.5 Å². The highest BCUT2D eigenvalue weighted by molar-refractivity contribution is 9.10. The third kappa shape index (κ3) is 4.13. The smallest absolute Gasteiger partial charge is 0.343 e. The van der Waals surface area contributed by atoms with Gasteiger partial charge in [0.1, 0.15) is 11.2 Å². The number of hydrogen-bond acceptors (Lipinski definition) is 6. The molecule has 2 N–H and O–H groups in total. The fourth-order valence-electron chi connectivity index (χ4n) is 4.29. The molecular weight excluding hydrogens is 504 g/mol. The number of halogens is 1. The number of benzene rings is 2. The molecule has 0 radical (unpaired) electrons. The minimum absolute atomic E-state index is 0.0573. The van der Waals surface area contributed by atoms with Gasteiger partial charge in [-0.1, -0.05) is 17.7 Å². The van der Waals surface area contributed by atoms with E-state index in [1.807, 2.05) is 25.1 Å². The maximum atomic E-state index is 13.0. The molecule has 170 valence electrons. The van der Waals surface area contributed by atoms with Crippen LogP contribution >= 0.6 is 27.3 Å². The van der Waals surface area contributed by atoms with Gasteiger partial charge >= 0.3 is 5.97 Å². The number of hydrogen-bond donors (Lipinski definition) is 2. The molecule has 2 heterocycles.